The van der Waals surface area contributed by atoms with Crippen molar-refractivity contribution in [3.8, 4) is 0 Å². The van der Waals surface area contributed by atoms with Crippen LogP contribution >= 0.6 is 11.8 Å². The van der Waals surface area contributed by atoms with Gasteiger partial charge in [-0.1, -0.05) is 0 Å². The number of carbonyl (C=O) groups is 1. The molecule has 108 valence electrons. The van der Waals surface area contributed by atoms with Crippen molar-refractivity contribution in [3.05, 3.63) is 0 Å². The van der Waals surface area contributed by atoms with Gasteiger partial charge in [-0.25, -0.2) is 0 Å². The van der Waals surface area contributed by atoms with E-state index in [0.29, 0.717) is 12.0 Å². The van der Waals surface area contributed by atoms with Crippen LogP contribution in [0.5, 0.6) is 0 Å². The first-order chi connectivity index (χ1) is 9.33. The molecular formula is C13H23N3O2S. The van der Waals surface area contributed by atoms with Crippen LogP contribution in [-0.2, 0) is 9.53 Å². The molecular weight excluding hydrogens is 262 g/mol. The standard InChI is InChI=1S/C13H23N3O2S/c17-13(12-9-19-10-14-12)16-5-3-15(4-6-16)8-11-2-1-7-18-11/h11-12,14H,1-10H2. The molecule has 19 heavy (non-hydrogen) atoms. The number of piperazine rings is 1. The third kappa shape index (κ3) is 3.42. The lowest BCUT2D eigenvalue weighted by atomic mass is 10.2. The van der Waals surface area contributed by atoms with E-state index in [2.05, 4.69) is 10.2 Å². The molecule has 5 nitrogen and oxygen atoms in total. The zero-order chi connectivity index (χ0) is 13.1. The summed E-state index contributed by atoms with van der Waals surface area (Å²) in [6, 6.07) is 0.0507. The van der Waals surface area contributed by atoms with E-state index in [-0.39, 0.29) is 6.04 Å². The van der Waals surface area contributed by atoms with Crippen LogP contribution in [0.1, 0.15) is 12.8 Å². The Hall–Kier alpha value is -0.300. The van der Waals surface area contributed by atoms with Crippen LogP contribution < -0.4 is 5.32 Å². The zero-order valence-corrected chi connectivity index (χ0v) is 12.2. The van der Waals surface area contributed by atoms with Crippen molar-refractivity contribution in [2.24, 2.45) is 0 Å². The Morgan fingerprint density at radius 3 is 2.79 bits per heavy atom. The van der Waals surface area contributed by atoms with Gasteiger partial charge in [0.25, 0.3) is 0 Å². The minimum Gasteiger partial charge on any atom is -0.377 e. The number of hydrogen-bond acceptors (Lipinski definition) is 5. The van der Waals surface area contributed by atoms with Gasteiger partial charge in [-0.15, -0.1) is 11.8 Å². The van der Waals surface area contributed by atoms with E-state index in [4.69, 9.17) is 4.74 Å². The molecule has 0 spiro atoms. The Kier molecular flexibility index (Phi) is 4.63. The van der Waals surface area contributed by atoms with Crippen LogP contribution in [0.3, 0.4) is 0 Å². The van der Waals surface area contributed by atoms with E-state index in [9.17, 15) is 4.79 Å². The molecule has 2 unspecified atom stereocenters. The molecule has 1 amide bonds. The number of thioether (sulfide) groups is 1. The van der Waals surface area contributed by atoms with Crippen LogP contribution in [0.4, 0.5) is 0 Å². The molecule has 0 aromatic carbocycles. The topological polar surface area (TPSA) is 44.8 Å². The van der Waals surface area contributed by atoms with Crippen molar-refractivity contribution in [2.75, 3.05) is 51.0 Å². The second-order valence-electron chi connectivity index (χ2n) is 5.53. The van der Waals surface area contributed by atoms with E-state index >= 15 is 0 Å². The molecule has 3 aliphatic rings. The van der Waals surface area contributed by atoms with Gasteiger partial charge in [0.15, 0.2) is 0 Å². The van der Waals surface area contributed by atoms with Crippen molar-refractivity contribution >= 4 is 17.7 Å². The van der Waals surface area contributed by atoms with Gasteiger partial charge < -0.3 is 9.64 Å². The second kappa shape index (κ2) is 6.43. The Balaban J connectivity index is 1.42. The minimum atomic E-state index is 0.0507. The van der Waals surface area contributed by atoms with Gasteiger partial charge >= 0.3 is 0 Å². The van der Waals surface area contributed by atoms with Crippen LogP contribution in [0.25, 0.3) is 0 Å². The maximum absolute atomic E-state index is 12.3. The SMILES string of the molecule is O=C(C1CSCN1)N1CCN(CC2CCCO2)CC1. The molecule has 3 heterocycles. The lowest BCUT2D eigenvalue weighted by molar-refractivity contribution is -0.134. The first-order valence-electron chi connectivity index (χ1n) is 7.27. The third-order valence-electron chi connectivity index (χ3n) is 4.18. The number of nitrogens with zero attached hydrogens (tertiary/aromatic N) is 2. The Morgan fingerprint density at radius 1 is 1.32 bits per heavy atom. The van der Waals surface area contributed by atoms with Gasteiger partial charge in [0.2, 0.25) is 5.91 Å². The maximum Gasteiger partial charge on any atom is 0.240 e. The highest BCUT2D eigenvalue weighted by Gasteiger charge is 2.30. The largest absolute Gasteiger partial charge is 0.377 e. The van der Waals surface area contributed by atoms with Crippen molar-refractivity contribution in [2.45, 2.75) is 25.0 Å². The van der Waals surface area contributed by atoms with Gasteiger partial charge in [0.1, 0.15) is 0 Å². The summed E-state index contributed by atoms with van der Waals surface area (Å²) in [5.74, 6) is 2.13. The van der Waals surface area contributed by atoms with Gasteiger partial charge in [-0.05, 0) is 12.8 Å². The summed E-state index contributed by atoms with van der Waals surface area (Å²) in [4.78, 5) is 16.7. The Labute approximate surface area is 119 Å². The van der Waals surface area contributed by atoms with Crippen LogP contribution in [0, 0.1) is 0 Å². The fourth-order valence-electron chi connectivity index (χ4n) is 3.00. The van der Waals surface area contributed by atoms with Crippen molar-refractivity contribution in [3.63, 3.8) is 0 Å². The number of ether oxygens (including phenoxy) is 1. The number of rotatable bonds is 3. The van der Waals surface area contributed by atoms with Crippen LogP contribution in [-0.4, -0.2) is 78.8 Å². The fraction of sp³-hybridized carbons (Fsp3) is 0.923. The second-order valence-corrected chi connectivity index (χ2v) is 6.56. The van der Waals surface area contributed by atoms with E-state index < -0.39 is 0 Å². The molecule has 2 atom stereocenters. The average molecular weight is 285 g/mol. The van der Waals surface area contributed by atoms with Crippen molar-refractivity contribution < 1.29 is 9.53 Å². The summed E-state index contributed by atoms with van der Waals surface area (Å²) in [6.07, 6.45) is 2.83. The lowest BCUT2D eigenvalue weighted by Gasteiger charge is -2.36. The molecule has 3 fully saturated rings. The molecule has 0 saturated carbocycles. The Bertz CT molecular complexity index is 309. The van der Waals surface area contributed by atoms with E-state index in [0.717, 1.165) is 51.0 Å². The predicted molar refractivity (Wildman–Crippen MR) is 76.2 cm³/mol. The molecule has 3 rings (SSSR count). The lowest BCUT2D eigenvalue weighted by Crippen LogP contribution is -2.54. The summed E-state index contributed by atoms with van der Waals surface area (Å²) in [5.41, 5.74) is 0. The highest BCUT2D eigenvalue weighted by atomic mass is 32.2. The number of nitrogens with one attached hydrogen (secondary N) is 1. The quantitative estimate of drug-likeness (QED) is 0.789. The van der Waals surface area contributed by atoms with Crippen LogP contribution in [0.15, 0.2) is 0 Å². The fourth-order valence-corrected chi connectivity index (χ4v) is 3.93. The normalized spacial score (nSPS) is 32.9. The van der Waals surface area contributed by atoms with Crippen molar-refractivity contribution in [1.82, 2.24) is 15.1 Å². The zero-order valence-electron chi connectivity index (χ0n) is 11.3. The number of amides is 1. The summed E-state index contributed by atoms with van der Waals surface area (Å²) in [7, 11) is 0. The summed E-state index contributed by atoms with van der Waals surface area (Å²) in [5, 5.41) is 3.26. The summed E-state index contributed by atoms with van der Waals surface area (Å²) in [6.45, 7) is 5.69. The molecule has 0 aromatic rings. The van der Waals surface area contributed by atoms with Gasteiger partial charge in [0, 0.05) is 51.0 Å². The van der Waals surface area contributed by atoms with Gasteiger partial charge in [0.05, 0.1) is 12.1 Å². The smallest absolute Gasteiger partial charge is 0.240 e. The monoisotopic (exact) mass is 285 g/mol. The molecule has 0 aromatic heterocycles. The molecule has 3 aliphatic heterocycles. The highest BCUT2D eigenvalue weighted by molar-refractivity contribution is 7.99. The minimum absolute atomic E-state index is 0.0507. The highest BCUT2D eigenvalue weighted by Crippen LogP contribution is 2.16. The molecule has 0 bridgehead atoms. The van der Waals surface area contributed by atoms with Crippen molar-refractivity contribution in [1.29, 1.82) is 0 Å². The molecule has 0 aliphatic carbocycles. The average Bonchev–Trinajstić information content (AvgIpc) is 3.12. The summed E-state index contributed by atoms with van der Waals surface area (Å²) < 4.78 is 5.68. The first kappa shape index (κ1) is 13.7. The number of carbonyl (C=O) groups excluding carboxylic acids is 1. The maximum atomic E-state index is 12.3. The summed E-state index contributed by atoms with van der Waals surface area (Å²) >= 11 is 1.81. The first-order valence-corrected chi connectivity index (χ1v) is 8.42. The van der Waals surface area contributed by atoms with E-state index in [1.165, 1.54) is 12.8 Å². The third-order valence-corrected chi connectivity index (χ3v) is 5.12. The molecule has 3 saturated heterocycles. The van der Waals surface area contributed by atoms with E-state index in [1.54, 1.807) is 0 Å². The van der Waals surface area contributed by atoms with E-state index in [1.807, 2.05) is 16.7 Å². The molecule has 6 heteroatoms. The van der Waals surface area contributed by atoms with Gasteiger partial charge in [-0.3, -0.25) is 15.0 Å². The molecule has 0 radical (unpaired) electrons. The molecule has 1 N–H and O–H groups in total. The number of hydrogen-bond donors (Lipinski definition) is 1. The van der Waals surface area contributed by atoms with Crippen LogP contribution in [0.2, 0.25) is 0 Å². The Morgan fingerprint density at radius 2 is 2.16 bits per heavy atom. The predicted octanol–water partition coefficient (Wildman–Crippen LogP) is -0.0279. The van der Waals surface area contributed by atoms with Gasteiger partial charge in [-0.2, -0.15) is 0 Å².